The van der Waals surface area contributed by atoms with Gasteiger partial charge in [-0.3, -0.25) is 4.57 Å². The average Bonchev–Trinajstić information content (AvgIpc) is 3.49. The second-order valence-electron chi connectivity index (χ2n) is 22.2. The molecule has 0 radical (unpaired) electrons. The van der Waals surface area contributed by atoms with Crippen molar-refractivity contribution in [1.82, 2.24) is 9.55 Å². The van der Waals surface area contributed by atoms with E-state index in [-0.39, 0.29) is 27.1 Å². The summed E-state index contributed by atoms with van der Waals surface area (Å²) in [5, 5.41) is 6.25. The van der Waals surface area contributed by atoms with Crippen molar-refractivity contribution in [2.45, 2.75) is 131 Å². The van der Waals surface area contributed by atoms with Crippen LogP contribution in [0.15, 0.2) is 115 Å². The normalized spacial score (nSPS) is 12.9. The number of pyridine rings is 1. The molecule has 0 bridgehead atoms. The number of hydrogen-bond acceptors (Lipinski definition) is 4. The number of anilines is 4. The summed E-state index contributed by atoms with van der Waals surface area (Å²) in [7, 11) is 2.17. The molecule has 0 aliphatic heterocycles. The van der Waals surface area contributed by atoms with E-state index in [1.54, 1.807) is 0 Å². The highest BCUT2D eigenvalue weighted by atomic mass is 16.5. The minimum atomic E-state index is -0.125. The molecule has 2 aromatic heterocycles. The lowest BCUT2D eigenvalue weighted by atomic mass is 9.80. The molecular formula is C56H68N4O. The van der Waals surface area contributed by atoms with Crippen molar-refractivity contribution in [2.75, 3.05) is 17.3 Å². The van der Waals surface area contributed by atoms with E-state index < -0.39 is 0 Å². The molecule has 7 rings (SSSR count). The van der Waals surface area contributed by atoms with Crippen molar-refractivity contribution in [3.63, 3.8) is 0 Å². The summed E-state index contributed by atoms with van der Waals surface area (Å²) in [6, 6.07) is 39.9. The zero-order valence-electron chi connectivity index (χ0n) is 39.7. The van der Waals surface area contributed by atoms with Gasteiger partial charge in [0.25, 0.3) is 0 Å². The van der Waals surface area contributed by atoms with Gasteiger partial charge in [-0.15, -0.1) is 0 Å². The van der Waals surface area contributed by atoms with Gasteiger partial charge in [0, 0.05) is 47.5 Å². The first-order valence-electron chi connectivity index (χ1n) is 21.9. The molecule has 0 saturated carbocycles. The van der Waals surface area contributed by atoms with Crippen LogP contribution in [-0.4, -0.2) is 16.6 Å². The highest BCUT2D eigenvalue weighted by Gasteiger charge is 2.25. The van der Waals surface area contributed by atoms with E-state index in [1.165, 1.54) is 33.2 Å². The average molecular weight is 813 g/mol. The summed E-state index contributed by atoms with van der Waals surface area (Å²) >= 11 is 0. The predicted octanol–water partition coefficient (Wildman–Crippen LogP) is 16.0. The molecule has 5 heteroatoms. The summed E-state index contributed by atoms with van der Waals surface area (Å²) in [6.07, 6.45) is 1.93. The molecule has 318 valence electrons. The fourth-order valence-electron chi connectivity index (χ4n) is 7.91. The lowest BCUT2D eigenvalue weighted by Gasteiger charge is -2.30. The molecule has 0 saturated heterocycles. The van der Waals surface area contributed by atoms with Crippen LogP contribution in [0.2, 0.25) is 0 Å². The highest BCUT2D eigenvalue weighted by Crippen LogP contribution is 2.43. The summed E-state index contributed by atoms with van der Waals surface area (Å²) in [4.78, 5) is 7.22. The number of hydrogen-bond donors (Lipinski definition) is 1. The first-order chi connectivity index (χ1) is 28.3. The molecule has 0 amide bonds. The van der Waals surface area contributed by atoms with Crippen LogP contribution in [0.25, 0.3) is 27.6 Å². The second-order valence-corrected chi connectivity index (χ2v) is 22.2. The van der Waals surface area contributed by atoms with E-state index >= 15 is 0 Å². The zero-order chi connectivity index (χ0) is 44.4. The third kappa shape index (κ3) is 9.22. The first-order valence-corrected chi connectivity index (χ1v) is 21.9. The van der Waals surface area contributed by atoms with Crippen LogP contribution in [0, 0.1) is 0 Å². The second kappa shape index (κ2) is 15.4. The Morgan fingerprint density at radius 1 is 0.492 bits per heavy atom. The molecule has 5 aromatic carbocycles. The molecule has 2 heterocycles. The van der Waals surface area contributed by atoms with Crippen molar-refractivity contribution in [3.8, 4) is 17.3 Å². The summed E-state index contributed by atoms with van der Waals surface area (Å²) in [5.41, 5.74) is 12.6. The number of ether oxygens (including phenoxy) is 1. The molecule has 0 aliphatic carbocycles. The Morgan fingerprint density at radius 3 is 1.69 bits per heavy atom. The lowest BCUT2D eigenvalue weighted by Crippen LogP contribution is -2.18. The number of para-hydroxylation sites is 1. The Labute approximate surface area is 366 Å². The van der Waals surface area contributed by atoms with E-state index in [0.717, 1.165) is 56.5 Å². The number of nitrogens with one attached hydrogen (secondary N) is 1. The van der Waals surface area contributed by atoms with Gasteiger partial charge in [-0.05, 0) is 122 Å². The molecule has 61 heavy (non-hydrogen) atoms. The van der Waals surface area contributed by atoms with Crippen LogP contribution >= 0.6 is 0 Å². The van der Waals surface area contributed by atoms with Gasteiger partial charge in [0.1, 0.15) is 17.3 Å². The lowest BCUT2D eigenvalue weighted by molar-refractivity contribution is 0.479. The van der Waals surface area contributed by atoms with Crippen LogP contribution in [-0.2, 0) is 27.1 Å². The van der Waals surface area contributed by atoms with Gasteiger partial charge in [0.15, 0.2) is 0 Å². The number of aromatic nitrogens is 2. The molecule has 7 aromatic rings. The van der Waals surface area contributed by atoms with Crippen molar-refractivity contribution in [1.29, 1.82) is 0 Å². The van der Waals surface area contributed by atoms with E-state index in [2.05, 4.69) is 235 Å². The molecule has 5 nitrogen and oxygen atoms in total. The number of nitrogens with zero attached hydrogens (tertiary/aromatic N) is 3. The van der Waals surface area contributed by atoms with Crippen molar-refractivity contribution < 1.29 is 4.74 Å². The SMILES string of the molecule is CN(c1cc(Oc2ccc3c4ccccc4n(-c4cc(C(C)(C)C)ccn4)c3c2)cc(C(C)(C)C)c1)c1cc(C(C)(C)C)ccc1Nc1cc(C(C)(C)C)cc(C(C)(C)C)c1. The van der Waals surface area contributed by atoms with Crippen LogP contribution in [0.3, 0.4) is 0 Å². The molecular weight excluding hydrogens is 745 g/mol. The number of rotatable bonds is 7. The van der Waals surface area contributed by atoms with Crippen LogP contribution in [0.1, 0.15) is 132 Å². The molecule has 0 fully saturated rings. The maximum Gasteiger partial charge on any atom is 0.137 e. The van der Waals surface area contributed by atoms with Gasteiger partial charge in [0.2, 0.25) is 0 Å². The van der Waals surface area contributed by atoms with E-state index in [1.807, 2.05) is 6.20 Å². The Kier molecular flexibility index (Phi) is 11.0. The Bertz CT molecular complexity index is 2700. The number of fused-ring (bicyclic) bond motifs is 3. The van der Waals surface area contributed by atoms with Gasteiger partial charge in [0.05, 0.1) is 22.4 Å². The van der Waals surface area contributed by atoms with E-state index in [4.69, 9.17) is 9.72 Å². The van der Waals surface area contributed by atoms with Gasteiger partial charge in [-0.25, -0.2) is 4.98 Å². The standard InChI is InChI=1S/C56H68N4O/c1-52(2,3)36-21-24-47(58-41-28-38(54(7,8)9)27-39(29-41)55(10,11)12)50(32-36)59(16)42-30-40(56(13,14)15)31-44(34-42)61-43-22-23-46-45-19-17-18-20-48(45)60(49(46)35-43)51-33-37(25-26-57-51)53(4,5)6/h17-35,58H,1-16H3. The Hall–Kier alpha value is -5.55. The van der Waals surface area contributed by atoms with Gasteiger partial charge >= 0.3 is 0 Å². The van der Waals surface area contributed by atoms with Crippen LogP contribution < -0.4 is 15.0 Å². The minimum absolute atomic E-state index is 0.00647. The van der Waals surface area contributed by atoms with Crippen molar-refractivity contribution in [2.24, 2.45) is 0 Å². The minimum Gasteiger partial charge on any atom is -0.457 e. The third-order valence-electron chi connectivity index (χ3n) is 12.0. The molecule has 0 spiro atoms. The fraction of sp³-hybridized carbons (Fsp3) is 0.375. The summed E-state index contributed by atoms with van der Waals surface area (Å²) in [5.74, 6) is 2.46. The fourth-order valence-corrected chi connectivity index (χ4v) is 7.91. The van der Waals surface area contributed by atoms with Gasteiger partial charge in [-0.1, -0.05) is 134 Å². The smallest absolute Gasteiger partial charge is 0.137 e. The maximum atomic E-state index is 6.93. The van der Waals surface area contributed by atoms with E-state index in [9.17, 15) is 0 Å². The molecule has 1 N–H and O–H groups in total. The van der Waals surface area contributed by atoms with E-state index in [0.29, 0.717) is 0 Å². The number of benzene rings is 5. The largest absolute Gasteiger partial charge is 0.457 e. The molecule has 0 aliphatic rings. The Morgan fingerprint density at radius 2 is 1.07 bits per heavy atom. The summed E-state index contributed by atoms with van der Waals surface area (Å²) < 4.78 is 9.21. The Balaban J connectivity index is 1.33. The van der Waals surface area contributed by atoms with Crippen LogP contribution in [0.4, 0.5) is 22.7 Å². The van der Waals surface area contributed by atoms with Crippen molar-refractivity contribution in [3.05, 3.63) is 143 Å². The van der Waals surface area contributed by atoms with Crippen LogP contribution in [0.5, 0.6) is 11.5 Å². The molecule has 0 unspecified atom stereocenters. The maximum absolute atomic E-state index is 6.93. The van der Waals surface area contributed by atoms with Gasteiger partial charge in [-0.2, -0.15) is 0 Å². The quantitative estimate of drug-likeness (QED) is 0.174. The van der Waals surface area contributed by atoms with Crippen molar-refractivity contribution >= 4 is 44.6 Å². The summed E-state index contributed by atoms with van der Waals surface area (Å²) in [6.45, 7) is 34.1. The highest BCUT2D eigenvalue weighted by molar-refractivity contribution is 6.09. The first kappa shape index (κ1) is 43.5. The monoisotopic (exact) mass is 813 g/mol. The topological polar surface area (TPSA) is 42.3 Å². The molecule has 0 atom stereocenters. The predicted molar refractivity (Wildman–Crippen MR) is 263 cm³/mol. The third-order valence-corrected chi connectivity index (χ3v) is 12.0. The zero-order valence-corrected chi connectivity index (χ0v) is 39.7. The van der Waals surface area contributed by atoms with Gasteiger partial charge < -0.3 is 15.0 Å².